The Balaban J connectivity index is 2.17. The lowest BCUT2D eigenvalue weighted by molar-refractivity contribution is 0.260. The molecule has 2 aromatic carbocycles. The van der Waals surface area contributed by atoms with Gasteiger partial charge in [0.2, 0.25) is 0 Å². The molecule has 0 amide bonds. The molecule has 1 atom stereocenters. The van der Waals surface area contributed by atoms with Gasteiger partial charge < -0.3 is 4.74 Å². The number of hydrazine groups is 1. The predicted molar refractivity (Wildman–Crippen MR) is 81.1 cm³/mol. The quantitative estimate of drug-likeness (QED) is 0.471. The molecule has 112 valence electrons. The summed E-state index contributed by atoms with van der Waals surface area (Å²) < 4.78 is 33.5. The molecule has 0 radical (unpaired) electrons. The molecule has 0 aliphatic carbocycles. The molecule has 0 bridgehead atoms. The Kier molecular flexibility index (Phi) is 5.52. The number of nitrogens with two attached hydrogens (primary N) is 1. The van der Waals surface area contributed by atoms with E-state index < -0.39 is 17.7 Å². The van der Waals surface area contributed by atoms with Crippen molar-refractivity contribution in [2.75, 3.05) is 6.61 Å². The van der Waals surface area contributed by atoms with Crippen molar-refractivity contribution in [3.8, 4) is 5.75 Å². The normalized spacial score (nSPS) is 12.2. The van der Waals surface area contributed by atoms with Crippen molar-refractivity contribution < 1.29 is 13.5 Å². The van der Waals surface area contributed by atoms with Gasteiger partial charge in [-0.3, -0.25) is 5.84 Å². The van der Waals surface area contributed by atoms with Gasteiger partial charge in [0, 0.05) is 10.6 Å². The minimum absolute atomic E-state index is 0.0393. The summed E-state index contributed by atoms with van der Waals surface area (Å²) in [6, 6.07) is 8.24. The summed E-state index contributed by atoms with van der Waals surface area (Å²) in [5, 5.41) is 0.569. The van der Waals surface area contributed by atoms with Crippen molar-refractivity contribution in [3.05, 3.63) is 63.1 Å². The Morgan fingerprint density at radius 3 is 2.48 bits per heavy atom. The second kappa shape index (κ2) is 7.17. The van der Waals surface area contributed by atoms with Crippen LogP contribution < -0.4 is 16.0 Å². The maximum Gasteiger partial charge on any atom is 0.145 e. The van der Waals surface area contributed by atoms with Crippen LogP contribution in [0.1, 0.15) is 11.6 Å². The van der Waals surface area contributed by atoms with Crippen LogP contribution in [0.25, 0.3) is 0 Å². The highest BCUT2D eigenvalue weighted by Gasteiger charge is 2.21. The topological polar surface area (TPSA) is 47.3 Å². The van der Waals surface area contributed by atoms with E-state index in [1.807, 2.05) is 0 Å². The lowest BCUT2D eigenvalue weighted by Gasteiger charge is -2.19. The van der Waals surface area contributed by atoms with E-state index in [-0.39, 0.29) is 16.6 Å². The molecule has 2 rings (SSSR count). The van der Waals surface area contributed by atoms with E-state index in [9.17, 15) is 8.78 Å². The van der Waals surface area contributed by atoms with Crippen molar-refractivity contribution in [3.63, 3.8) is 0 Å². The van der Waals surface area contributed by atoms with Crippen LogP contribution in [-0.4, -0.2) is 6.61 Å². The first-order chi connectivity index (χ1) is 10.0. The second-order valence-corrected chi connectivity index (χ2v) is 5.53. The molecule has 3 N–H and O–H groups in total. The fraction of sp³-hybridized carbons (Fsp3) is 0.143. The van der Waals surface area contributed by atoms with E-state index in [1.54, 1.807) is 24.3 Å². The van der Waals surface area contributed by atoms with Crippen molar-refractivity contribution in [1.82, 2.24) is 5.43 Å². The number of hydrogen-bond acceptors (Lipinski definition) is 3. The molecule has 0 aliphatic heterocycles. The van der Waals surface area contributed by atoms with Gasteiger partial charge in [0.05, 0.1) is 10.5 Å². The van der Waals surface area contributed by atoms with E-state index in [4.69, 9.17) is 22.2 Å². The summed E-state index contributed by atoms with van der Waals surface area (Å²) in [4.78, 5) is 0. The first-order valence-corrected chi connectivity index (χ1v) is 7.18. The van der Waals surface area contributed by atoms with Gasteiger partial charge in [0.1, 0.15) is 24.0 Å². The highest BCUT2D eigenvalue weighted by Crippen LogP contribution is 2.27. The predicted octanol–water partition coefficient (Wildman–Crippen LogP) is 3.96. The van der Waals surface area contributed by atoms with Gasteiger partial charge in [-0.25, -0.2) is 14.2 Å². The average molecular weight is 378 g/mol. The van der Waals surface area contributed by atoms with Crippen LogP contribution in [0.5, 0.6) is 5.75 Å². The SMILES string of the molecule is NNC(COc1ccc(Cl)cc1)c1c(F)ccc(Br)c1F. The Bertz CT molecular complexity index is 625. The standard InChI is InChI=1S/C14H12BrClF2N2O/c15-10-5-6-11(17)13(14(10)18)12(20-19)7-21-9-3-1-8(16)2-4-9/h1-6,12,20H,7,19H2. The molecule has 0 saturated heterocycles. The highest BCUT2D eigenvalue weighted by molar-refractivity contribution is 9.10. The van der Waals surface area contributed by atoms with Crippen LogP contribution in [0.2, 0.25) is 5.02 Å². The van der Waals surface area contributed by atoms with E-state index in [0.29, 0.717) is 10.8 Å². The fourth-order valence-corrected chi connectivity index (χ4v) is 2.26. The van der Waals surface area contributed by atoms with Gasteiger partial charge in [-0.15, -0.1) is 0 Å². The van der Waals surface area contributed by atoms with Gasteiger partial charge in [0.25, 0.3) is 0 Å². The Morgan fingerprint density at radius 2 is 1.86 bits per heavy atom. The molecule has 1 unspecified atom stereocenters. The van der Waals surface area contributed by atoms with Gasteiger partial charge in [0.15, 0.2) is 0 Å². The molecule has 0 fully saturated rings. The Labute approximate surface area is 134 Å². The number of nitrogens with one attached hydrogen (secondary N) is 1. The molecular formula is C14H12BrClF2N2O. The number of benzene rings is 2. The minimum atomic E-state index is -0.835. The van der Waals surface area contributed by atoms with Crippen molar-refractivity contribution in [2.24, 2.45) is 5.84 Å². The third-order valence-electron chi connectivity index (χ3n) is 2.86. The van der Waals surface area contributed by atoms with Crippen LogP contribution in [0.3, 0.4) is 0 Å². The number of hydrogen-bond donors (Lipinski definition) is 2. The molecule has 0 aromatic heterocycles. The highest BCUT2D eigenvalue weighted by atomic mass is 79.9. The number of rotatable bonds is 5. The van der Waals surface area contributed by atoms with Crippen molar-refractivity contribution in [1.29, 1.82) is 0 Å². The van der Waals surface area contributed by atoms with E-state index in [1.165, 1.54) is 6.07 Å². The largest absolute Gasteiger partial charge is 0.492 e. The van der Waals surface area contributed by atoms with Crippen LogP contribution in [0.4, 0.5) is 8.78 Å². The summed E-state index contributed by atoms with van der Waals surface area (Å²) in [5.74, 6) is 4.50. The zero-order valence-electron chi connectivity index (χ0n) is 10.7. The van der Waals surface area contributed by atoms with Crippen LogP contribution in [0, 0.1) is 11.6 Å². The third kappa shape index (κ3) is 3.91. The Morgan fingerprint density at radius 1 is 1.19 bits per heavy atom. The van der Waals surface area contributed by atoms with E-state index >= 15 is 0 Å². The molecule has 0 spiro atoms. The molecule has 3 nitrogen and oxygen atoms in total. The third-order valence-corrected chi connectivity index (χ3v) is 3.72. The van der Waals surface area contributed by atoms with Crippen LogP contribution in [-0.2, 0) is 0 Å². The number of halogens is 4. The molecule has 0 heterocycles. The van der Waals surface area contributed by atoms with E-state index in [2.05, 4.69) is 21.4 Å². The second-order valence-electron chi connectivity index (χ2n) is 4.24. The maximum atomic E-state index is 14.0. The molecule has 7 heteroatoms. The molecule has 0 saturated carbocycles. The summed E-state index contributed by atoms with van der Waals surface area (Å²) in [5.41, 5.74) is 2.18. The van der Waals surface area contributed by atoms with Crippen molar-refractivity contribution >= 4 is 27.5 Å². The summed E-state index contributed by atoms with van der Waals surface area (Å²) in [7, 11) is 0. The van der Waals surface area contributed by atoms with Crippen LogP contribution >= 0.6 is 27.5 Å². The van der Waals surface area contributed by atoms with Gasteiger partial charge in [-0.2, -0.15) is 0 Å². The first kappa shape index (κ1) is 16.2. The zero-order valence-corrected chi connectivity index (χ0v) is 13.1. The monoisotopic (exact) mass is 376 g/mol. The Hall–Kier alpha value is -1.21. The lowest BCUT2D eigenvalue weighted by atomic mass is 10.1. The summed E-state index contributed by atoms with van der Waals surface area (Å²) in [6.45, 7) is -0.0393. The van der Waals surface area contributed by atoms with Gasteiger partial charge in [-0.1, -0.05) is 11.6 Å². The molecule has 0 aliphatic rings. The summed E-state index contributed by atoms with van der Waals surface area (Å²) in [6.07, 6.45) is 0. The smallest absolute Gasteiger partial charge is 0.145 e. The fourth-order valence-electron chi connectivity index (χ4n) is 1.79. The van der Waals surface area contributed by atoms with E-state index in [0.717, 1.165) is 6.07 Å². The van der Waals surface area contributed by atoms with Crippen molar-refractivity contribution in [2.45, 2.75) is 6.04 Å². The minimum Gasteiger partial charge on any atom is -0.492 e. The van der Waals surface area contributed by atoms with Gasteiger partial charge in [-0.05, 0) is 52.3 Å². The van der Waals surface area contributed by atoms with Crippen LogP contribution in [0.15, 0.2) is 40.9 Å². The lowest BCUT2D eigenvalue weighted by Crippen LogP contribution is -2.33. The summed E-state index contributed by atoms with van der Waals surface area (Å²) >= 11 is 8.78. The molecule has 2 aromatic rings. The van der Waals surface area contributed by atoms with Gasteiger partial charge >= 0.3 is 0 Å². The maximum absolute atomic E-state index is 14.0. The zero-order chi connectivity index (χ0) is 15.4. The molecular weight excluding hydrogens is 366 g/mol. The average Bonchev–Trinajstić information content (AvgIpc) is 2.48. The first-order valence-electron chi connectivity index (χ1n) is 6.01. The number of ether oxygens (including phenoxy) is 1. The molecule has 21 heavy (non-hydrogen) atoms.